The van der Waals surface area contributed by atoms with Crippen LogP contribution in [0.25, 0.3) is 0 Å². The molecule has 0 fully saturated rings. The van der Waals surface area contributed by atoms with Gasteiger partial charge in [-0.1, -0.05) is 18.2 Å². The maximum atomic E-state index is 12.9. The third-order valence-corrected chi connectivity index (χ3v) is 4.68. The molecule has 1 aliphatic heterocycles. The summed E-state index contributed by atoms with van der Waals surface area (Å²) in [6, 6.07) is 13.4. The molecule has 0 radical (unpaired) electrons. The van der Waals surface area contributed by atoms with Crippen molar-refractivity contribution in [3.63, 3.8) is 0 Å². The summed E-state index contributed by atoms with van der Waals surface area (Å²) in [5.74, 6) is -2.14. The second kappa shape index (κ2) is 8.14. The Morgan fingerprint density at radius 1 is 0.969 bits per heavy atom. The minimum Gasteiger partial charge on any atom is -0.440 e. The topological polar surface area (TPSA) is 88.6 Å². The highest BCUT2D eigenvalue weighted by atomic mass is 19.4. The van der Waals surface area contributed by atoms with Crippen molar-refractivity contribution >= 4 is 29.3 Å². The van der Waals surface area contributed by atoms with E-state index in [2.05, 4.69) is 10.3 Å². The molecule has 7 nitrogen and oxygen atoms in total. The molecule has 1 aliphatic rings. The molecule has 162 valence electrons. The van der Waals surface area contributed by atoms with E-state index >= 15 is 0 Å². The molecular formula is C22H14F3N3O4. The Balaban J connectivity index is 1.49. The number of esters is 1. The van der Waals surface area contributed by atoms with Gasteiger partial charge in [0.2, 0.25) is 0 Å². The van der Waals surface area contributed by atoms with Crippen molar-refractivity contribution in [2.45, 2.75) is 6.18 Å². The van der Waals surface area contributed by atoms with Crippen LogP contribution in [0.4, 0.5) is 24.7 Å². The van der Waals surface area contributed by atoms with Gasteiger partial charge in [-0.2, -0.15) is 13.2 Å². The number of ether oxygens (including phenoxy) is 1. The third kappa shape index (κ3) is 4.02. The highest BCUT2D eigenvalue weighted by Crippen LogP contribution is 2.31. The Hall–Kier alpha value is -4.21. The number of aromatic nitrogens is 1. The molecule has 0 atom stereocenters. The average Bonchev–Trinajstić information content (AvgIpc) is 3.02. The number of rotatable bonds is 5. The number of benzene rings is 2. The maximum Gasteiger partial charge on any atom is 0.416 e. The molecule has 0 bridgehead atoms. The lowest BCUT2D eigenvalue weighted by molar-refractivity contribution is -0.137. The number of pyridine rings is 1. The van der Waals surface area contributed by atoms with Crippen LogP contribution >= 0.6 is 0 Å². The predicted molar refractivity (Wildman–Crippen MR) is 106 cm³/mol. The Morgan fingerprint density at radius 2 is 1.66 bits per heavy atom. The highest BCUT2D eigenvalue weighted by molar-refractivity contribution is 6.21. The molecule has 0 spiro atoms. The van der Waals surface area contributed by atoms with E-state index in [9.17, 15) is 27.6 Å². The zero-order chi connectivity index (χ0) is 22.9. The number of nitrogens with one attached hydrogen (secondary N) is 1. The van der Waals surface area contributed by atoms with Crippen LogP contribution in [-0.2, 0) is 10.9 Å². The number of amides is 2. The smallest absolute Gasteiger partial charge is 0.416 e. The first-order chi connectivity index (χ1) is 15.3. The van der Waals surface area contributed by atoms with Gasteiger partial charge in [-0.15, -0.1) is 0 Å². The molecular weight excluding hydrogens is 427 g/mol. The average molecular weight is 441 g/mol. The lowest BCUT2D eigenvalue weighted by atomic mass is 10.1. The number of hydrogen-bond acceptors (Lipinski definition) is 6. The summed E-state index contributed by atoms with van der Waals surface area (Å²) in [4.78, 5) is 42.1. The van der Waals surface area contributed by atoms with Gasteiger partial charge in [-0.3, -0.25) is 9.59 Å². The molecule has 0 unspecified atom stereocenters. The first kappa shape index (κ1) is 21.0. The van der Waals surface area contributed by atoms with Gasteiger partial charge in [0.25, 0.3) is 11.8 Å². The predicted octanol–water partition coefficient (Wildman–Crippen LogP) is 4.25. The van der Waals surface area contributed by atoms with Crippen LogP contribution in [0, 0.1) is 0 Å². The van der Waals surface area contributed by atoms with Crippen LogP contribution in [-0.4, -0.2) is 34.4 Å². The second-order valence-corrected chi connectivity index (χ2v) is 6.75. The summed E-state index contributed by atoms with van der Waals surface area (Å²) in [5.41, 5.74) is -0.466. The largest absolute Gasteiger partial charge is 0.440 e. The number of alkyl halides is 3. The number of hydrogen-bond donors (Lipinski definition) is 1. The fourth-order valence-corrected chi connectivity index (χ4v) is 3.14. The summed E-state index contributed by atoms with van der Waals surface area (Å²) < 4.78 is 44.0. The maximum absolute atomic E-state index is 12.9. The van der Waals surface area contributed by atoms with Crippen molar-refractivity contribution < 1.29 is 32.3 Å². The van der Waals surface area contributed by atoms with Crippen molar-refractivity contribution in [2.75, 3.05) is 12.0 Å². The number of fused-ring (bicyclic) bond motifs is 1. The molecule has 2 aromatic carbocycles. The van der Waals surface area contributed by atoms with E-state index in [0.717, 1.165) is 17.0 Å². The second-order valence-electron chi connectivity index (χ2n) is 6.75. The third-order valence-electron chi connectivity index (χ3n) is 4.68. The van der Waals surface area contributed by atoms with Gasteiger partial charge in [0.05, 0.1) is 16.7 Å². The SMILES string of the molecule is O=C(OCN1C(=O)c2ccccc2C1=O)c1cccnc1Nc1cccc(C(F)(F)F)c1. The van der Waals surface area contributed by atoms with E-state index in [0.29, 0.717) is 0 Å². The summed E-state index contributed by atoms with van der Waals surface area (Å²) in [6.45, 7) is -0.622. The van der Waals surface area contributed by atoms with E-state index in [1.807, 2.05) is 0 Å². The molecule has 2 heterocycles. The van der Waals surface area contributed by atoms with Gasteiger partial charge in [-0.05, 0) is 42.5 Å². The van der Waals surface area contributed by atoms with Crippen LogP contribution in [0.1, 0.15) is 36.6 Å². The molecule has 32 heavy (non-hydrogen) atoms. The zero-order valence-electron chi connectivity index (χ0n) is 16.2. The zero-order valence-corrected chi connectivity index (χ0v) is 16.2. The lowest BCUT2D eigenvalue weighted by Gasteiger charge is -2.15. The number of carbonyl (C=O) groups excluding carboxylic acids is 3. The molecule has 1 N–H and O–H groups in total. The minimum atomic E-state index is -4.53. The summed E-state index contributed by atoms with van der Waals surface area (Å²) >= 11 is 0. The summed E-state index contributed by atoms with van der Waals surface area (Å²) in [5, 5.41) is 2.67. The molecule has 1 aromatic heterocycles. The lowest BCUT2D eigenvalue weighted by Crippen LogP contribution is -2.33. The summed E-state index contributed by atoms with van der Waals surface area (Å²) in [7, 11) is 0. The number of imide groups is 1. The van der Waals surface area contributed by atoms with Gasteiger partial charge < -0.3 is 10.1 Å². The van der Waals surface area contributed by atoms with Crippen LogP contribution in [0.3, 0.4) is 0 Å². The summed E-state index contributed by atoms with van der Waals surface area (Å²) in [6.07, 6.45) is -3.19. The monoisotopic (exact) mass is 441 g/mol. The quantitative estimate of drug-likeness (QED) is 0.470. The number of carbonyl (C=O) groups is 3. The number of anilines is 2. The molecule has 0 aliphatic carbocycles. The molecule has 0 saturated carbocycles. The van der Waals surface area contributed by atoms with E-state index in [-0.39, 0.29) is 28.2 Å². The van der Waals surface area contributed by atoms with Gasteiger partial charge in [-0.25, -0.2) is 14.7 Å². The normalized spacial score (nSPS) is 13.2. The Morgan fingerprint density at radius 3 is 2.31 bits per heavy atom. The molecule has 3 aromatic rings. The van der Waals surface area contributed by atoms with Crippen molar-refractivity contribution in [3.8, 4) is 0 Å². The van der Waals surface area contributed by atoms with Crippen molar-refractivity contribution in [1.29, 1.82) is 0 Å². The van der Waals surface area contributed by atoms with E-state index in [1.54, 1.807) is 12.1 Å². The van der Waals surface area contributed by atoms with Crippen LogP contribution in [0.2, 0.25) is 0 Å². The van der Waals surface area contributed by atoms with Gasteiger partial charge in [0, 0.05) is 11.9 Å². The van der Waals surface area contributed by atoms with Crippen LogP contribution in [0.5, 0.6) is 0 Å². The Labute approximate surface area is 179 Å². The standard InChI is InChI=1S/C22H14F3N3O4/c23-22(24,25)13-5-3-6-14(11-13)27-18-17(9-4-10-26-18)21(31)32-12-28-19(29)15-7-1-2-8-16(15)20(28)30/h1-11H,12H2,(H,26,27). The van der Waals surface area contributed by atoms with Crippen LogP contribution < -0.4 is 5.32 Å². The Kier molecular flexibility index (Phi) is 5.35. The Bertz CT molecular complexity index is 1190. The fourth-order valence-electron chi connectivity index (χ4n) is 3.14. The van der Waals surface area contributed by atoms with Crippen molar-refractivity contribution in [3.05, 3.63) is 89.1 Å². The number of nitrogens with zero attached hydrogens (tertiary/aromatic N) is 2. The number of halogens is 3. The van der Waals surface area contributed by atoms with E-state index < -0.39 is 36.3 Å². The van der Waals surface area contributed by atoms with Crippen LogP contribution in [0.15, 0.2) is 66.9 Å². The fraction of sp³-hybridized carbons (Fsp3) is 0.0909. The van der Waals surface area contributed by atoms with Crippen molar-refractivity contribution in [2.24, 2.45) is 0 Å². The molecule has 10 heteroatoms. The minimum absolute atomic E-state index is 0.0424. The van der Waals surface area contributed by atoms with Gasteiger partial charge in [0.15, 0.2) is 6.73 Å². The van der Waals surface area contributed by atoms with Crippen molar-refractivity contribution in [1.82, 2.24) is 9.88 Å². The molecule has 4 rings (SSSR count). The first-order valence-corrected chi connectivity index (χ1v) is 9.27. The van der Waals surface area contributed by atoms with Gasteiger partial charge in [0.1, 0.15) is 11.4 Å². The first-order valence-electron chi connectivity index (χ1n) is 9.27. The molecule has 2 amide bonds. The van der Waals surface area contributed by atoms with Gasteiger partial charge >= 0.3 is 12.1 Å². The highest BCUT2D eigenvalue weighted by Gasteiger charge is 2.36. The van der Waals surface area contributed by atoms with E-state index in [4.69, 9.17) is 4.74 Å². The van der Waals surface area contributed by atoms with E-state index in [1.165, 1.54) is 42.6 Å². The molecule has 0 saturated heterocycles.